The summed E-state index contributed by atoms with van der Waals surface area (Å²) in [6.45, 7) is 0.0486. The van der Waals surface area contributed by atoms with Gasteiger partial charge in [-0.05, 0) is 31.4 Å². The Morgan fingerprint density at radius 3 is 2.95 bits per heavy atom. The Bertz CT molecular complexity index is 498. The van der Waals surface area contributed by atoms with Crippen LogP contribution < -0.4 is 5.32 Å². The number of amides is 1. The van der Waals surface area contributed by atoms with Crippen molar-refractivity contribution in [2.45, 2.75) is 24.9 Å². The summed E-state index contributed by atoms with van der Waals surface area (Å²) in [6.07, 6.45) is 5.93. The van der Waals surface area contributed by atoms with Crippen LogP contribution in [0, 0.1) is 5.82 Å². The second-order valence-corrected chi connectivity index (χ2v) is 5.08. The maximum Gasteiger partial charge on any atom is 0.255 e. The van der Waals surface area contributed by atoms with E-state index in [2.05, 4.69) is 5.32 Å². The average molecular weight is 284 g/mol. The van der Waals surface area contributed by atoms with Crippen molar-refractivity contribution < 1.29 is 14.3 Å². The van der Waals surface area contributed by atoms with Crippen molar-refractivity contribution >= 4 is 17.5 Å². The Morgan fingerprint density at radius 1 is 1.53 bits per heavy atom. The van der Waals surface area contributed by atoms with E-state index in [-0.39, 0.29) is 17.1 Å². The van der Waals surface area contributed by atoms with E-state index in [9.17, 15) is 14.3 Å². The van der Waals surface area contributed by atoms with Crippen molar-refractivity contribution in [1.29, 1.82) is 0 Å². The molecule has 2 N–H and O–H groups in total. The van der Waals surface area contributed by atoms with Gasteiger partial charge in [0.25, 0.3) is 5.91 Å². The highest BCUT2D eigenvalue weighted by atomic mass is 35.5. The molecule has 1 aromatic carbocycles. The van der Waals surface area contributed by atoms with Crippen LogP contribution in [-0.2, 0) is 0 Å². The maximum atomic E-state index is 13.5. The average Bonchev–Trinajstić information content (AvgIpc) is 2.37. The Kier molecular flexibility index (Phi) is 4.22. The van der Waals surface area contributed by atoms with E-state index < -0.39 is 17.3 Å². The van der Waals surface area contributed by atoms with Gasteiger partial charge >= 0.3 is 0 Å². The van der Waals surface area contributed by atoms with Gasteiger partial charge in [0.15, 0.2) is 0 Å². The summed E-state index contributed by atoms with van der Waals surface area (Å²) in [7, 11) is 0. The highest BCUT2D eigenvalue weighted by molar-refractivity contribution is 6.33. The number of hydrogen-bond donors (Lipinski definition) is 2. The van der Waals surface area contributed by atoms with Crippen molar-refractivity contribution in [3.05, 3.63) is 46.8 Å². The van der Waals surface area contributed by atoms with Crippen LogP contribution in [0.5, 0.6) is 0 Å². The molecule has 0 heterocycles. The quantitative estimate of drug-likeness (QED) is 0.838. The van der Waals surface area contributed by atoms with Gasteiger partial charge in [-0.1, -0.05) is 29.8 Å². The molecule has 0 saturated heterocycles. The summed E-state index contributed by atoms with van der Waals surface area (Å²) in [5.41, 5.74) is -1.24. The van der Waals surface area contributed by atoms with Crippen molar-refractivity contribution in [2.75, 3.05) is 6.54 Å². The molecule has 0 aromatic heterocycles. The van der Waals surface area contributed by atoms with Crippen LogP contribution in [0.25, 0.3) is 0 Å². The molecule has 1 aliphatic rings. The zero-order valence-corrected chi connectivity index (χ0v) is 11.1. The fourth-order valence-corrected chi connectivity index (χ4v) is 2.34. The number of benzene rings is 1. The van der Waals surface area contributed by atoms with Crippen LogP contribution in [0.3, 0.4) is 0 Å². The van der Waals surface area contributed by atoms with Gasteiger partial charge in [-0.25, -0.2) is 4.39 Å². The van der Waals surface area contributed by atoms with Crippen LogP contribution >= 0.6 is 11.6 Å². The molecule has 1 unspecified atom stereocenters. The predicted molar refractivity (Wildman–Crippen MR) is 71.7 cm³/mol. The molecule has 1 atom stereocenters. The zero-order chi connectivity index (χ0) is 13.9. The highest BCUT2D eigenvalue weighted by Crippen LogP contribution is 2.22. The van der Waals surface area contributed by atoms with Crippen LogP contribution in [-0.4, -0.2) is 23.2 Å². The molecular formula is C14H15ClFNO2. The number of carbonyl (C=O) groups excluding carboxylic acids is 1. The van der Waals surface area contributed by atoms with Crippen LogP contribution in [0.15, 0.2) is 30.4 Å². The summed E-state index contributed by atoms with van der Waals surface area (Å²) >= 11 is 5.80. The SMILES string of the molecule is O=C(NCC1(O)C=CCCC1)c1c(F)cccc1Cl. The van der Waals surface area contributed by atoms with Crippen LogP contribution in [0.2, 0.25) is 5.02 Å². The fourth-order valence-electron chi connectivity index (χ4n) is 2.10. The number of nitrogens with one attached hydrogen (secondary N) is 1. The molecule has 0 fully saturated rings. The van der Waals surface area contributed by atoms with Crippen molar-refractivity contribution in [3.8, 4) is 0 Å². The van der Waals surface area contributed by atoms with Crippen LogP contribution in [0.4, 0.5) is 4.39 Å². The van der Waals surface area contributed by atoms with Gasteiger partial charge in [-0.2, -0.15) is 0 Å². The first-order valence-electron chi connectivity index (χ1n) is 6.14. The van der Waals surface area contributed by atoms with Crippen molar-refractivity contribution in [3.63, 3.8) is 0 Å². The lowest BCUT2D eigenvalue weighted by Gasteiger charge is -2.27. The fraction of sp³-hybridized carbons (Fsp3) is 0.357. The predicted octanol–water partition coefficient (Wildman–Crippen LogP) is 2.68. The van der Waals surface area contributed by atoms with Gasteiger partial charge < -0.3 is 10.4 Å². The van der Waals surface area contributed by atoms with Gasteiger partial charge in [-0.3, -0.25) is 4.79 Å². The first-order valence-corrected chi connectivity index (χ1v) is 6.52. The molecule has 0 saturated carbocycles. The summed E-state index contributed by atoms with van der Waals surface area (Å²) in [6, 6.07) is 4.07. The van der Waals surface area contributed by atoms with E-state index in [1.165, 1.54) is 18.2 Å². The molecule has 0 aliphatic heterocycles. The Labute approximate surface area is 116 Å². The topological polar surface area (TPSA) is 49.3 Å². The van der Waals surface area contributed by atoms with E-state index >= 15 is 0 Å². The number of allylic oxidation sites excluding steroid dienone is 1. The van der Waals surface area contributed by atoms with E-state index in [1.807, 2.05) is 6.08 Å². The number of carbonyl (C=O) groups is 1. The molecule has 19 heavy (non-hydrogen) atoms. The third-order valence-electron chi connectivity index (χ3n) is 3.15. The molecule has 3 nitrogen and oxygen atoms in total. The standard InChI is InChI=1S/C14H15ClFNO2/c15-10-5-4-6-11(16)12(10)13(18)17-9-14(19)7-2-1-3-8-14/h2,4-7,19H,1,3,8-9H2,(H,17,18). The summed E-state index contributed by atoms with van der Waals surface area (Å²) < 4.78 is 13.5. The Hall–Kier alpha value is -1.39. The molecule has 1 aliphatic carbocycles. The Morgan fingerprint density at radius 2 is 2.32 bits per heavy atom. The molecule has 0 radical (unpaired) electrons. The van der Waals surface area contributed by atoms with E-state index in [0.29, 0.717) is 6.42 Å². The van der Waals surface area contributed by atoms with E-state index in [1.54, 1.807) is 6.08 Å². The van der Waals surface area contributed by atoms with Gasteiger partial charge in [0.2, 0.25) is 0 Å². The smallest absolute Gasteiger partial charge is 0.255 e. The molecular weight excluding hydrogens is 269 g/mol. The molecule has 0 bridgehead atoms. The lowest BCUT2D eigenvalue weighted by molar-refractivity contribution is 0.0658. The molecule has 0 spiro atoms. The van der Waals surface area contributed by atoms with Gasteiger partial charge in [0.1, 0.15) is 5.82 Å². The molecule has 1 amide bonds. The molecule has 1 aromatic rings. The highest BCUT2D eigenvalue weighted by Gasteiger charge is 2.26. The Balaban J connectivity index is 2.06. The first-order chi connectivity index (χ1) is 9.02. The minimum absolute atomic E-state index is 0.0486. The number of aliphatic hydroxyl groups is 1. The number of hydrogen-bond acceptors (Lipinski definition) is 2. The second-order valence-electron chi connectivity index (χ2n) is 4.68. The largest absolute Gasteiger partial charge is 0.384 e. The second kappa shape index (κ2) is 5.72. The number of rotatable bonds is 3. The normalized spacial score (nSPS) is 22.3. The summed E-state index contributed by atoms with van der Waals surface area (Å²) in [5.74, 6) is -1.29. The monoisotopic (exact) mass is 283 g/mol. The minimum Gasteiger partial charge on any atom is -0.384 e. The van der Waals surface area contributed by atoms with Gasteiger partial charge in [0.05, 0.1) is 22.7 Å². The van der Waals surface area contributed by atoms with E-state index in [4.69, 9.17) is 11.6 Å². The van der Waals surface area contributed by atoms with E-state index in [0.717, 1.165) is 12.8 Å². The molecule has 102 valence electrons. The molecule has 2 rings (SSSR count). The van der Waals surface area contributed by atoms with Gasteiger partial charge in [0, 0.05) is 0 Å². The molecule has 5 heteroatoms. The minimum atomic E-state index is -1.05. The lowest BCUT2D eigenvalue weighted by atomic mass is 9.91. The lowest BCUT2D eigenvalue weighted by Crippen LogP contribution is -2.42. The zero-order valence-electron chi connectivity index (χ0n) is 10.3. The van der Waals surface area contributed by atoms with Crippen molar-refractivity contribution in [1.82, 2.24) is 5.32 Å². The first kappa shape index (κ1) is 14.0. The number of halogens is 2. The third-order valence-corrected chi connectivity index (χ3v) is 3.47. The summed E-state index contributed by atoms with van der Waals surface area (Å²) in [4.78, 5) is 11.9. The van der Waals surface area contributed by atoms with Gasteiger partial charge in [-0.15, -0.1) is 0 Å². The van der Waals surface area contributed by atoms with Crippen LogP contribution in [0.1, 0.15) is 29.6 Å². The maximum absolute atomic E-state index is 13.5. The summed E-state index contributed by atoms with van der Waals surface area (Å²) in [5, 5.41) is 12.8. The third kappa shape index (κ3) is 3.33. The van der Waals surface area contributed by atoms with Crippen molar-refractivity contribution in [2.24, 2.45) is 0 Å².